The average molecular weight is 266 g/mol. The van der Waals surface area contributed by atoms with E-state index in [1.807, 2.05) is 11.8 Å². The maximum atomic E-state index is 12.8. The van der Waals surface area contributed by atoms with Crippen molar-refractivity contribution in [3.8, 4) is 0 Å². The molecule has 1 saturated heterocycles. The first kappa shape index (κ1) is 13.4. The van der Waals surface area contributed by atoms with Gasteiger partial charge in [-0.1, -0.05) is 0 Å². The summed E-state index contributed by atoms with van der Waals surface area (Å²) in [7, 11) is 0. The lowest BCUT2D eigenvalue weighted by molar-refractivity contribution is -0.163. The molecule has 0 radical (unpaired) electrons. The normalized spacial score (nSPS) is 44.6. The van der Waals surface area contributed by atoms with Crippen LogP contribution in [0.1, 0.15) is 40.0 Å². The molecule has 4 heteroatoms. The highest BCUT2D eigenvalue weighted by Crippen LogP contribution is 2.48. The van der Waals surface area contributed by atoms with Crippen molar-refractivity contribution >= 4 is 5.91 Å². The van der Waals surface area contributed by atoms with E-state index in [0.29, 0.717) is 24.9 Å². The van der Waals surface area contributed by atoms with Crippen LogP contribution in [0.4, 0.5) is 0 Å². The zero-order chi connectivity index (χ0) is 13.8. The number of hydrogen-bond acceptors (Lipinski definition) is 3. The summed E-state index contributed by atoms with van der Waals surface area (Å²) in [5, 5.41) is 0. The minimum Gasteiger partial charge on any atom is -0.369 e. The first-order valence-electron chi connectivity index (χ1n) is 7.59. The van der Waals surface area contributed by atoms with Crippen molar-refractivity contribution in [2.24, 2.45) is 23.5 Å². The molecule has 2 N–H and O–H groups in total. The van der Waals surface area contributed by atoms with E-state index >= 15 is 0 Å². The zero-order valence-electron chi connectivity index (χ0n) is 12.3. The molecule has 1 amide bonds. The van der Waals surface area contributed by atoms with Crippen molar-refractivity contribution in [2.45, 2.75) is 57.8 Å². The van der Waals surface area contributed by atoms with Crippen molar-refractivity contribution in [2.75, 3.05) is 13.1 Å². The first-order valence-corrected chi connectivity index (χ1v) is 7.59. The minimum atomic E-state index is -0.241. The number of amides is 1. The Balaban J connectivity index is 1.73. The highest BCUT2D eigenvalue weighted by Gasteiger charge is 2.51. The molecule has 2 saturated carbocycles. The fraction of sp³-hybridized carbons (Fsp3) is 0.933. The van der Waals surface area contributed by atoms with Gasteiger partial charge in [-0.15, -0.1) is 0 Å². The molecule has 1 aliphatic heterocycles. The van der Waals surface area contributed by atoms with E-state index in [1.54, 1.807) is 0 Å². The van der Waals surface area contributed by atoms with Gasteiger partial charge in [-0.25, -0.2) is 0 Å². The van der Waals surface area contributed by atoms with Gasteiger partial charge in [-0.05, 0) is 51.9 Å². The molecule has 0 aromatic heterocycles. The molecule has 3 rings (SSSR count). The highest BCUT2D eigenvalue weighted by molar-refractivity contribution is 5.81. The van der Waals surface area contributed by atoms with Crippen LogP contribution in [0.15, 0.2) is 0 Å². The molecular formula is C15H26N2O2. The number of morpholine rings is 1. The van der Waals surface area contributed by atoms with Crippen LogP contribution < -0.4 is 5.73 Å². The molecule has 1 heterocycles. The SMILES string of the molecule is CC1CN(C(=O)C2C3CCC(C3)C2N)CC(C)(C)O1. The Morgan fingerprint density at radius 3 is 2.58 bits per heavy atom. The molecule has 4 nitrogen and oxygen atoms in total. The molecule has 108 valence electrons. The minimum absolute atomic E-state index is 0.0693. The van der Waals surface area contributed by atoms with Crippen molar-refractivity contribution in [3.63, 3.8) is 0 Å². The Labute approximate surface area is 115 Å². The van der Waals surface area contributed by atoms with E-state index in [4.69, 9.17) is 10.5 Å². The summed E-state index contributed by atoms with van der Waals surface area (Å²) >= 11 is 0. The van der Waals surface area contributed by atoms with Gasteiger partial charge in [0.25, 0.3) is 0 Å². The number of nitrogens with zero attached hydrogens (tertiary/aromatic N) is 1. The first-order chi connectivity index (χ1) is 8.87. The fourth-order valence-corrected chi connectivity index (χ4v) is 4.53. The third-order valence-electron chi connectivity index (χ3n) is 5.15. The average Bonchev–Trinajstić information content (AvgIpc) is 2.85. The smallest absolute Gasteiger partial charge is 0.227 e. The van der Waals surface area contributed by atoms with Crippen LogP contribution >= 0.6 is 0 Å². The molecule has 19 heavy (non-hydrogen) atoms. The van der Waals surface area contributed by atoms with Crippen LogP contribution in [0.3, 0.4) is 0 Å². The zero-order valence-corrected chi connectivity index (χ0v) is 12.3. The van der Waals surface area contributed by atoms with Gasteiger partial charge < -0.3 is 15.4 Å². The van der Waals surface area contributed by atoms with Gasteiger partial charge in [-0.3, -0.25) is 4.79 Å². The van der Waals surface area contributed by atoms with Crippen LogP contribution in [0.2, 0.25) is 0 Å². The number of hydrogen-bond donors (Lipinski definition) is 1. The van der Waals surface area contributed by atoms with Gasteiger partial charge in [0, 0.05) is 19.1 Å². The summed E-state index contributed by atoms with van der Waals surface area (Å²) in [6, 6.07) is 0.0903. The van der Waals surface area contributed by atoms with E-state index < -0.39 is 0 Å². The van der Waals surface area contributed by atoms with Crippen molar-refractivity contribution < 1.29 is 9.53 Å². The third kappa shape index (κ3) is 2.29. The summed E-state index contributed by atoms with van der Waals surface area (Å²) in [6.07, 6.45) is 3.70. The molecule has 2 aliphatic carbocycles. The molecule has 3 fully saturated rings. The van der Waals surface area contributed by atoms with Crippen LogP contribution in [-0.2, 0) is 9.53 Å². The second kappa shape index (κ2) is 4.45. The summed E-state index contributed by atoms with van der Waals surface area (Å²) < 4.78 is 5.88. The van der Waals surface area contributed by atoms with Gasteiger partial charge in [0.2, 0.25) is 5.91 Å². The molecule has 0 aromatic rings. The number of nitrogens with two attached hydrogens (primary N) is 1. The fourth-order valence-electron chi connectivity index (χ4n) is 4.53. The second-order valence-electron chi connectivity index (χ2n) is 7.34. The van der Waals surface area contributed by atoms with E-state index in [-0.39, 0.29) is 29.6 Å². The van der Waals surface area contributed by atoms with E-state index in [2.05, 4.69) is 13.8 Å². The molecule has 0 aromatic carbocycles. The summed E-state index contributed by atoms with van der Waals surface area (Å²) in [5.41, 5.74) is 6.05. The topological polar surface area (TPSA) is 55.6 Å². The lowest BCUT2D eigenvalue weighted by Gasteiger charge is -2.43. The predicted molar refractivity (Wildman–Crippen MR) is 73.5 cm³/mol. The van der Waals surface area contributed by atoms with Crippen molar-refractivity contribution in [3.05, 3.63) is 0 Å². The van der Waals surface area contributed by atoms with Gasteiger partial charge in [0.05, 0.1) is 17.6 Å². The Hall–Kier alpha value is -0.610. The lowest BCUT2D eigenvalue weighted by Crippen LogP contribution is -2.57. The number of carbonyl (C=O) groups is 1. The summed E-state index contributed by atoms with van der Waals surface area (Å²) in [5.74, 6) is 1.47. The Morgan fingerprint density at radius 1 is 1.32 bits per heavy atom. The second-order valence-corrected chi connectivity index (χ2v) is 7.34. The number of rotatable bonds is 1. The van der Waals surface area contributed by atoms with Crippen molar-refractivity contribution in [1.82, 2.24) is 4.90 Å². The summed E-state index contributed by atoms with van der Waals surface area (Å²) in [4.78, 5) is 14.8. The molecule has 2 bridgehead atoms. The van der Waals surface area contributed by atoms with Gasteiger partial charge in [-0.2, -0.15) is 0 Å². The van der Waals surface area contributed by atoms with E-state index in [0.717, 1.165) is 0 Å². The van der Waals surface area contributed by atoms with Crippen LogP contribution in [0.25, 0.3) is 0 Å². The number of ether oxygens (including phenoxy) is 1. The molecular weight excluding hydrogens is 240 g/mol. The summed E-state index contributed by atoms with van der Waals surface area (Å²) in [6.45, 7) is 7.56. The van der Waals surface area contributed by atoms with Crippen LogP contribution in [0.5, 0.6) is 0 Å². The lowest BCUT2D eigenvalue weighted by atomic mass is 9.83. The largest absolute Gasteiger partial charge is 0.369 e. The Morgan fingerprint density at radius 2 is 2.00 bits per heavy atom. The maximum Gasteiger partial charge on any atom is 0.227 e. The monoisotopic (exact) mass is 266 g/mol. The van der Waals surface area contributed by atoms with Crippen LogP contribution in [-0.4, -0.2) is 41.6 Å². The number of fused-ring (bicyclic) bond motifs is 2. The quantitative estimate of drug-likeness (QED) is 0.780. The standard InChI is InChI=1S/C15H26N2O2/c1-9-7-17(8-15(2,3)19-9)14(18)12-10-4-5-11(6-10)13(12)16/h9-13H,4-8,16H2,1-3H3. The molecule has 3 aliphatic rings. The maximum absolute atomic E-state index is 12.8. The molecule has 5 unspecified atom stereocenters. The van der Waals surface area contributed by atoms with Gasteiger partial charge in [0.15, 0.2) is 0 Å². The van der Waals surface area contributed by atoms with Crippen molar-refractivity contribution in [1.29, 1.82) is 0 Å². The third-order valence-corrected chi connectivity index (χ3v) is 5.15. The van der Waals surface area contributed by atoms with E-state index in [9.17, 15) is 4.79 Å². The van der Waals surface area contributed by atoms with Gasteiger partial charge >= 0.3 is 0 Å². The number of carbonyl (C=O) groups excluding carboxylic acids is 1. The highest BCUT2D eigenvalue weighted by atomic mass is 16.5. The van der Waals surface area contributed by atoms with Crippen LogP contribution in [0, 0.1) is 17.8 Å². The Kier molecular flexibility index (Phi) is 3.13. The Bertz CT molecular complexity index is 380. The molecule has 5 atom stereocenters. The van der Waals surface area contributed by atoms with E-state index in [1.165, 1.54) is 19.3 Å². The predicted octanol–water partition coefficient (Wildman–Crippen LogP) is 1.39. The molecule has 0 spiro atoms. The van der Waals surface area contributed by atoms with Gasteiger partial charge in [0.1, 0.15) is 0 Å².